The number of nitrogens with zero attached hydrogens (tertiary/aromatic N) is 3. The average Bonchev–Trinajstić information content (AvgIpc) is 3.13. The number of fused-ring (bicyclic) bond motifs is 1. The number of thiazole rings is 1. The Morgan fingerprint density at radius 2 is 2.03 bits per heavy atom. The van der Waals surface area contributed by atoms with Gasteiger partial charge in [-0.25, -0.2) is 14.4 Å². The first-order valence-corrected chi connectivity index (χ1v) is 10.0. The quantitative estimate of drug-likeness (QED) is 0.485. The van der Waals surface area contributed by atoms with Crippen LogP contribution in [0.2, 0.25) is 5.02 Å². The van der Waals surface area contributed by atoms with Gasteiger partial charge in [0.2, 0.25) is 0 Å². The van der Waals surface area contributed by atoms with Crippen molar-refractivity contribution in [3.63, 3.8) is 0 Å². The van der Waals surface area contributed by atoms with Gasteiger partial charge < -0.3 is 10.6 Å². The largest absolute Gasteiger partial charge is 0.383 e. The van der Waals surface area contributed by atoms with Crippen LogP contribution in [0.4, 0.5) is 15.9 Å². The van der Waals surface area contributed by atoms with Crippen molar-refractivity contribution >= 4 is 51.1 Å². The van der Waals surface area contributed by atoms with Gasteiger partial charge in [0, 0.05) is 16.9 Å². The lowest BCUT2D eigenvalue weighted by Crippen LogP contribution is -2.30. The molecule has 8 heteroatoms. The number of amides is 1. The molecule has 0 aliphatic rings. The summed E-state index contributed by atoms with van der Waals surface area (Å²) in [6, 6.07) is 11.7. The molecule has 2 heterocycles. The number of nitrogen functional groups attached to an aromatic ring is 1. The van der Waals surface area contributed by atoms with Crippen molar-refractivity contribution in [2.45, 2.75) is 13.5 Å². The molecule has 2 aromatic carbocycles. The van der Waals surface area contributed by atoms with Crippen molar-refractivity contribution in [1.82, 2.24) is 9.97 Å². The Kier molecular flexibility index (Phi) is 5.17. The molecule has 0 saturated carbocycles. The Labute approximate surface area is 175 Å². The summed E-state index contributed by atoms with van der Waals surface area (Å²) in [6.45, 7) is 1.96. The molecule has 0 unspecified atom stereocenters. The summed E-state index contributed by atoms with van der Waals surface area (Å²) < 4.78 is 14.4. The molecule has 0 saturated heterocycles. The van der Waals surface area contributed by atoms with Crippen LogP contribution in [0.5, 0.6) is 0 Å². The van der Waals surface area contributed by atoms with Gasteiger partial charge in [-0.3, -0.25) is 4.79 Å². The zero-order valence-corrected chi connectivity index (χ0v) is 17.0. The predicted molar refractivity (Wildman–Crippen MR) is 115 cm³/mol. The zero-order valence-electron chi connectivity index (χ0n) is 15.4. The number of nitrogens with two attached hydrogens (primary N) is 1. The van der Waals surface area contributed by atoms with E-state index >= 15 is 0 Å². The molecule has 0 aliphatic carbocycles. The van der Waals surface area contributed by atoms with E-state index in [1.54, 1.807) is 59.9 Å². The number of carbonyl (C=O) groups is 1. The van der Waals surface area contributed by atoms with Crippen LogP contribution in [-0.2, 0) is 6.54 Å². The molecule has 29 heavy (non-hydrogen) atoms. The summed E-state index contributed by atoms with van der Waals surface area (Å²) in [6.07, 6.45) is 1.57. The summed E-state index contributed by atoms with van der Waals surface area (Å²) in [5.74, 6) is -0.553. The fourth-order valence-electron chi connectivity index (χ4n) is 3.18. The molecule has 146 valence electrons. The van der Waals surface area contributed by atoms with Crippen LogP contribution >= 0.6 is 22.9 Å². The van der Waals surface area contributed by atoms with Crippen molar-refractivity contribution < 1.29 is 9.18 Å². The molecule has 2 N–H and O–H groups in total. The molecule has 4 rings (SSSR count). The number of benzene rings is 2. The molecule has 4 aromatic rings. The van der Waals surface area contributed by atoms with E-state index in [1.165, 1.54) is 17.4 Å². The van der Waals surface area contributed by atoms with Crippen molar-refractivity contribution in [2.75, 3.05) is 10.6 Å². The fraction of sp³-hybridized carbons (Fsp3) is 0.0952. The lowest BCUT2D eigenvalue weighted by Gasteiger charge is -2.24. The van der Waals surface area contributed by atoms with Crippen molar-refractivity contribution in [2.24, 2.45) is 0 Å². The molecule has 0 atom stereocenters. The van der Waals surface area contributed by atoms with E-state index in [0.29, 0.717) is 32.2 Å². The van der Waals surface area contributed by atoms with Gasteiger partial charge in [0.05, 0.1) is 23.1 Å². The van der Waals surface area contributed by atoms with Gasteiger partial charge in [-0.1, -0.05) is 29.8 Å². The zero-order chi connectivity index (χ0) is 20.5. The van der Waals surface area contributed by atoms with E-state index in [0.717, 1.165) is 0 Å². The minimum absolute atomic E-state index is 0.112. The Morgan fingerprint density at radius 3 is 2.76 bits per heavy atom. The number of aryl methyl sites for hydroxylation is 1. The monoisotopic (exact) mass is 426 g/mol. The minimum Gasteiger partial charge on any atom is -0.383 e. The number of rotatable bonds is 4. The van der Waals surface area contributed by atoms with Crippen molar-refractivity contribution in [3.8, 4) is 0 Å². The third-order valence-electron chi connectivity index (χ3n) is 4.61. The van der Waals surface area contributed by atoms with E-state index in [1.807, 2.05) is 0 Å². The standard InChI is InChI=1S/C21H16ClFN4OS/c1-12-19(29-11-26-12)21(28)27(15-5-2-4-14(22)8-15)10-13-9-25-20(24)18-16(13)6-3-7-17(18)23/h2-9,11H,10H2,1H3,(H2,24,25). The molecular weight excluding hydrogens is 411 g/mol. The highest BCUT2D eigenvalue weighted by molar-refractivity contribution is 7.12. The Balaban J connectivity index is 1.84. The Bertz CT molecular complexity index is 1220. The van der Waals surface area contributed by atoms with Gasteiger partial charge in [0.1, 0.15) is 16.5 Å². The van der Waals surface area contributed by atoms with Crippen molar-refractivity contribution in [3.05, 3.63) is 81.1 Å². The second kappa shape index (κ2) is 7.77. The molecule has 0 fully saturated rings. The summed E-state index contributed by atoms with van der Waals surface area (Å²) in [5, 5.41) is 1.36. The van der Waals surface area contributed by atoms with E-state index in [-0.39, 0.29) is 23.7 Å². The van der Waals surface area contributed by atoms with Gasteiger partial charge >= 0.3 is 0 Å². The molecule has 0 radical (unpaired) electrons. The molecule has 0 bridgehead atoms. The topological polar surface area (TPSA) is 72.1 Å². The normalized spacial score (nSPS) is 11.0. The Morgan fingerprint density at radius 1 is 1.24 bits per heavy atom. The van der Waals surface area contributed by atoms with Gasteiger partial charge in [-0.15, -0.1) is 11.3 Å². The molecule has 0 aliphatic heterocycles. The first-order valence-electron chi connectivity index (χ1n) is 8.75. The third-order valence-corrected chi connectivity index (χ3v) is 5.76. The van der Waals surface area contributed by atoms with Gasteiger partial charge in [0.25, 0.3) is 5.91 Å². The predicted octanol–water partition coefficient (Wildman–Crippen LogP) is 5.22. The van der Waals surface area contributed by atoms with Crippen LogP contribution in [0.15, 0.2) is 54.2 Å². The van der Waals surface area contributed by atoms with E-state index in [4.69, 9.17) is 17.3 Å². The number of hydrogen-bond donors (Lipinski definition) is 1. The average molecular weight is 427 g/mol. The van der Waals surface area contributed by atoms with Crippen LogP contribution in [0.3, 0.4) is 0 Å². The second-order valence-electron chi connectivity index (χ2n) is 6.47. The maximum Gasteiger partial charge on any atom is 0.270 e. The van der Waals surface area contributed by atoms with Crippen LogP contribution < -0.4 is 10.6 Å². The maximum atomic E-state index is 14.4. The molecule has 0 spiro atoms. The van der Waals surface area contributed by atoms with Gasteiger partial charge in [0.15, 0.2) is 0 Å². The number of aromatic nitrogens is 2. The number of halogens is 2. The van der Waals surface area contributed by atoms with E-state index < -0.39 is 5.82 Å². The van der Waals surface area contributed by atoms with Gasteiger partial charge in [-0.05, 0) is 42.1 Å². The lowest BCUT2D eigenvalue weighted by atomic mass is 10.1. The van der Waals surface area contributed by atoms with Crippen LogP contribution in [0.1, 0.15) is 20.9 Å². The summed E-state index contributed by atoms with van der Waals surface area (Å²) in [4.78, 5) is 23.8. The number of carbonyl (C=O) groups excluding carboxylic acids is 1. The molecule has 2 aromatic heterocycles. The highest BCUT2D eigenvalue weighted by atomic mass is 35.5. The molecular formula is C21H16ClFN4OS. The second-order valence-corrected chi connectivity index (χ2v) is 7.76. The first-order chi connectivity index (χ1) is 14.0. The third kappa shape index (κ3) is 3.66. The summed E-state index contributed by atoms with van der Waals surface area (Å²) in [5.41, 5.74) is 9.47. The molecule has 1 amide bonds. The molecule has 5 nitrogen and oxygen atoms in total. The Hall–Kier alpha value is -3.03. The van der Waals surface area contributed by atoms with E-state index in [2.05, 4.69) is 9.97 Å². The summed E-state index contributed by atoms with van der Waals surface area (Å²) in [7, 11) is 0. The fourth-order valence-corrected chi connectivity index (χ4v) is 4.12. The highest BCUT2D eigenvalue weighted by Gasteiger charge is 2.23. The number of anilines is 2. The maximum absolute atomic E-state index is 14.4. The smallest absolute Gasteiger partial charge is 0.270 e. The van der Waals surface area contributed by atoms with Crippen LogP contribution in [0, 0.1) is 12.7 Å². The number of hydrogen-bond acceptors (Lipinski definition) is 5. The van der Waals surface area contributed by atoms with Crippen LogP contribution in [-0.4, -0.2) is 15.9 Å². The minimum atomic E-state index is -0.451. The lowest BCUT2D eigenvalue weighted by molar-refractivity contribution is 0.0988. The SMILES string of the molecule is Cc1ncsc1C(=O)N(Cc1cnc(N)c2c(F)cccc12)c1cccc(Cl)c1. The van der Waals surface area contributed by atoms with Crippen LogP contribution in [0.25, 0.3) is 10.8 Å². The number of pyridine rings is 1. The van der Waals surface area contributed by atoms with Gasteiger partial charge in [-0.2, -0.15) is 0 Å². The van der Waals surface area contributed by atoms with E-state index in [9.17, 15) is 9.18 Å². The summed E-state index contributed by atoms with van der Waals surface area (Å²) >= 11 is 7.44. The highest BCUT2D eigenvalue weighted by Crippen LogP contribution is 2.30. The van der Waals surface area contributed by atoms with Crippen molar-refractivity contribution in [1.29, 1.82) is 0 Å². The first kappa shape index (κ1) is 19.3.